The van der Waals surface area contributed by atoms with E-state index in [-0.39, 0.29) is 17.4 Å². The van der Waals surface area contributed by atoms with Crippen LogP contribution in [0.5, 0.6) is 5.75 Å². The standard InChI is InChI=1S/C10H8Cl2O4/c1-2-15-9(13)10(14)16-8-4-3-6(11)5-7(8)12/h3-5H,2H2,1H3. The quantitative estimate of drug-likeness (QED) is 0.467. The molecule has 0 unspecified atom stereocenters. The molecule has 0 fully saturated rings. The second kappa shape index (κ2) is 5.72. The van der Waals surface area contributed by atoms with E-state index in [1.807, 2.05) is 0 Å². The van der Waals surface area contributed by atoms with Crippen LogP contribution in [-0.2, 0) is 14.3 Å². The van der Waals surface area contributed by atoms with E-state index in [4.69, 9.17) is 27.9 Å². The zero-order valence-corrected chi connectivity index (χ0v) is 9.84. The van der Waals surface area contributed by atoms with E-state index < -0.39 is 11.9 Å². The van der Waals surface area contributed by atoms with Crippen molar-refractivity contribution in [2.45, 2.75) is 6.92 Å². The summed E-state index contributed by atoms with van der Waals surface area (Å²) >= 11 is 11.4. The average molecular weight is 263 g/mol. The van der Waals surface area contributed by atoms with Gasteiger partial charge < -0.3 is 9.47 Å². The Morgan fingerprint density at radius 1 is 1.25 bits per heavy atom. The molecule has 1 aromatic carbocycles. The van der Waals surface area contributed by atoms with Crippen molar-refractivity contribution < 1.29 is 19.1 Å². The van der Waals surface area contributed by atoms with E-state index in [9.17, 15) is 9.59 Å². The van der Waals surface area contributed by atoms with E-state index >= 15 is 0 Å². The van der Waals surface area contributed by atoms with E-state index in [0.29, 0.717) is 5.02 Å². The monoisotopic (exact) mass is 262 g/mol. The third-order valence-corrected chi connectivity index (χ3v) is 2.07. The molecular weight excluding hydrogens is 255 g/mol. The molecule has 0 bridgehead atoms. The summed E-state index contributed by atoms with van der Waals surface area (Å²) in [5.41, 5.74) is 0. The highest BCUT2D eigenvalue weighted by Crippen LogP contribution is 2.27. The van der Waals surface area contributed by atoms with Gasteiger partial charge in [-0.05, 0) is 25.1 Å². The Balaban J connectivity index is 2.73. The molecule has 0 aliphatic rings. The second-order valence-corrected chi connectivity index (χ2v) is 3.53. The summed E-state index contributed by atoms with van der Waals surface area (Å²) < 4.78 is 9.17. The molecule has 0 aliphatic carbocycles. The van der Waals surface area contributed by atoms with Gasteiger partial charge in [-0.15, -0.1) is 0 Å². The van der Waals surface area contributed by atoms with Gasteiger partial charge in [0.25, 0.3) is 0 Å². The first-order chi connectivity index (χ1) is 7.54. The van der Waals surface area contributed by atoms with Crippen molar-refractivity contribution in [3.05, 3.63) is 28.2 Å². The summed E-state index contributed by atoms with van der Waals surface area (Å²) in [6.45, 7) is 1.68. The molecule has 4 nitrogen and oxygen atoms in total. The average Bonchev–Trinajstić information content (AvgIpc) is 2.22. The van der Waals surface area contributed by atoms with Crippen LogP contribution in [0.4, 0.5) is 0 Å². The second-order valence-electron chi connectivity index (χ2n) is 2.68. The lowest BCUT2D eigenvalue weighted by molar-refractivity contribution is -0.161. The van der Waals surface area contributed by atoms with Crippen molar-refractivity contribution in [2.75, 3.05) is 6.61 Å². The van der Waals surface area contributed by atoms with Crippen molar-refractivity contribution in [3.8, 4) is 5.75 Å². The van der Waals surface area contributed by atoms with Crippen LogP contribution in [0.1, 0.15) is 6.92 Å². The molecule has 0 aliphatic heterocycles. The SMILES string of the molecule is CCOC(=O)C(=O)Oc1ccc(Cl)cc1Cl. The Morgan fingerprint density at radius 3 is 2.50 bits per heavy atom. The number of carbonyl (C=O) groups excluding carboxylic acids is 2. The number of hydrogen-bond donors (Lipinski definition) is 0. The first-order valence-electron chi connectivity index (χ1n) is 4.38. The van der Waals surface area contributed by atoms with Gasteiger partial charge in [-0.3, -0.25) is 0 Å². The largest absolute Gasteiger partial charge is 0.458 e. The predicted octanol–water partition coefficient (Wildman–Crippen LogP) is 2.46. The van der Waals surface area contributed by atoms with Gasteiger partial charge in [-0.2, -0.15) is 0 Å². The predicted molar refractivity (Wildman–Crippen MR) is 58.7 cm³/mol. The number of carbonyl (C=O) groups is 2. The molecule has 0 heterocycles. The smallest absolute Gasteiger partial charge is 0.422 e. The Morgan fingerprint density at radius 2 is 1.94 bits per heavy atom. The molecule has 1 aromatic rings. The number of esters is 2. The summed E-state index contributed by atoms with van der Waals surface area (Å²) in [5, 5.41) is 0.547. The molecule has 0 spiro atoms. The Labute approximate surface area is 102 Å². The minimum Gasteiger partial charge on any atom is -0.458 e. The summed E-state index contributed by atoms with van der Waals surface area (Å²) in [5.74, 6) is -2.12. The molecule has 0 N–H and O–H groups in total. The fourth-order valence-electron chi connectivity index (χ4n) is 0.890. The first kappa shape index (κ1) is 12.8. The minimum atomic E-state index is -1.12. The van der Waals surface area contributed by atoms with Gasteiger partial charge in [0.1, 0.15) is 5.75 Å². The van der Waals surface area contributed by atoms with Crippen LogP contribution in [0.15, 0.2) is 18.2 Å². The maximum Gasteiger partial charge on any atom is 0.422 e. The molecule has 0 aromatic heterocycles. The zero-order chi connectivity index (χ0) is 12.1. The molecular formula is C10H8Cl2O4. The van der Waals surface area contributed by atoms with Crippen LogP contribution in [0.3, 0.4) is 0 Å². The third-order valence-electron chi connectivity index (χ3n) is 1.54. The van der Waals surface area contributed by atoms with Crippen LogP contribution in [0.25, 0.3) is 0 Å². The number of ether oxygens (including phenoxy) is 2. The first-order valence-corrected chi connectivity index (χ1v) is 5.14. The molecule has 0 atom stereocenters. The lowest BCUT2D eigenvalue weighted by atomic mass is 10.3. The van der Waals surface area contributed by atoms with Gasteiger partial charge in [0.2, 0.25) is 0 Å². The van der Waals surface area contributed by atoms with Crippen LogP contribution in [0, 0.1) is 0 Å². The van der Waals surface area contributed by atoms with Crippen LogP contribution in [-0.4, -0.2) is 18.5 Å². The van der Waals surface area contributed by atoms with Gasteiger partial charge in [0, 0.05) is 5.02 Å². The maximum absolute atomic E-state index is 11.2. The fraction of sp³-hybridized carbons (Fsp3) is 0.200. The number of hydrogen-bond acceptors (Lipinski definition) is 4. The summed E-state index contributed by atoms with van der Waals surface area (Å²) in [7, 11) is 0. The Hall–Kier alpha value is -1.26. The van der Waals surface area contributed by atoms with Gasteiger partial charge in [0.05, 0.1) is 11.6 Å². The Bertz CT molecular complexity index is 417. The van der Waals surface area contributed by atoms with Gasteiger partial charge >= 0.3 is 11.9 Å². The summed E-state index contributed by atoms with van der Waals surface area (Å²) in [6.07, 6.45) is 0. The highest BCUT2D eigenvalue weighted by atomic mass is 35.5. The highest BCUT2D eigenvalue weighted by molar-refractivity contribution is 6.36. The number of benzene rings is 1. The zero-order valence-electron chi connectivity index (χ0n) is 8.33. The van der Waals surface area contributed by atoms with E-state index in [1.54, 1.807) is 6.92 Å². The third kappa shape index (κ3) is 3.40. The molecule has 0 amide bonds. The number of halogens is 2. The summed E-state index contributed by atoms with van der Waals surface area (Å²) in [4.78, 5) is 22.1. The molecule has 0 saturated carbocycles. The van der Waals surface area contributed by atoms with Crippen molar-refractivity contribution in [3.63, 3.8) is 0 Å². The van der Waals surface area contributed by atoms with Crippen LogP contribution >= 0.6 is 23.2 Å². The van der Waals surface area contributed by atoms with Crippen molar-refractivity contribution in [2.24, 2.45) is 0 Å². The van der Waals surface area contributed by atoms with Gasteiger partial charge in [-0.25, -0.2) is 9.59 Å². The molecule has 0 saturated heterocycles. The van der Waals surface area contributed by atoms with Crippen LogP contribution in [0.2, 0.25) is 10.0 Å². The topological polar surface area (TPSA) is 52.6 Å². The normalized spacial score (nSPS) is 9.69. The van der Waals surface area contributed by atoms with Gasteiger partial charge in [-0.1, -0.05) is 23.2 Å². The molecule has 86 valence electrons. The maximum atomic E-state index is 11.2. The molecule has 1 rings (SSSR count). The molecule has 16 heavy (non-hydrogen) atoms. The van der Waals surface area contributed by atoms with E-state index in [0.717, 1.165) is 0 Å². The van der Waals surface area contributed by atoms with Crippen LogP contribution < -0.4 is 4.74 Å². The van der Waals surface area contributed by atoms with Crippen molar-refractivity contribution >= 4 is 35.1 Å². The van der Waals surface area contributed by atoms with Gasteiger partial charge in [0.15, 0.2) is 0 Å². The Kier molecular flexibility index (Phi) is 4.58. The molecule has 0 radical (unpaired) electrons. The van der Waals surface area contributed by atoms with Crippen molar-refractivity contribution in [1.29, 1.82) is 0 Å². The minimum absolute atomic E-state index is 0.0594. The lowest BCUT2D eigenvalue weighted by Gasteiger charge is -2.05. The lowest BCUT2D eigenvalue weighted by Crippen LogP contribution is -2.22. The number of rotatable bonds is 2. The molecule has 6 heteroatoms. The van der Waals surface area contributed by atoms with E-state index in [1.165, 1.54) is 18.2 Å². The fourth-order valence-corrected chi connectivity index (χ4v) is 1.34. The van der Waals surface area contributed by atoms with E-state index in [2.05, 4.69) is 4.74 Å². The highest BCUT2D eigenvalue weighted by Gasteiger charge is 2.18. The van der Waals surface area contributed by atoms with Crippen molar-refractivity contribution in [1.82, 2.24) is 0 Å². The summed E-state index contributed by atoms with van der Waals surface area (Å²) in [6, 6.07) is 4.28.